The van der Waals surface area contributed by atoms with E-state index in [1.165, 1.54) is 24.0 Å². The summed E-state index contributed by atoms with van der Waals surface area (Å²) < 4.78 is 10.9. The summed E-state index contributed by atoms with van der Waals surface area (Å²) in [5.74, 6) is 1.46. The van der Waals surface area contributed by atoms with E-state index < -0.39 is 0 Å². The highest BCUT2D eigenvalue weighted by atomic mass is 32.1. The van der Waals surface area contributed by atoms with Crippen molar-refractivity contribution < 1.29 is 14.3 Å². The van der Waals surface area contributed by atoms with Gasteiger partial charge in [-0.2, -0.15) is 0 Å². The van der Waals surface area contributed by atoms with E-state index in [2.05, 4.69) is 27.4 Å². The molecule has 2 unspecified atom stereocenters. The highest BCUT2D eigenvalue weighted by Crippen LogP contribution is 2.37. The molecule has 1 aliphatic heterocycles. The number of esters is 1. The summed E-state index contributed by atoms with van der Waals surface area (Å²) >= 11 is 1.35. The second-order valence-corrected chi connectivity index (χ2v) is 7.98. The monoisotopic (exact) mass is 397 g/mol. The number of fused-ring (bicyclic) bond motifs is 1. The number of methoxy groups -OCH3 is 1. The lowest BCUT2D eigenvalue weighted by Gasteiger charge is -2.20. The van der Waals surface area contributed by atoms with Gasteiger partial charge in [0.2, 0.25) is 0 Å². The molecule has 0 saturated carbocycles. The number of aryl methyl sites for hydroxylation is 2. The Kier molecular flexibility index (Phi) is 5.28. The lowest BCUT2D eigenvalue weighted by molar-refractivity contribution is 0.0605. The van der Waals surface area contributed by atoms with E-state index in [4.69, 9.17) is 9.47 Å². The van der Waals surface area contributed by atoms with Crippen LogP contribution < -0.4 is 5.32 Å². The molecule has 7 heteroatoms. The van der Waals surface area contributed by atoms with Crippen molar-refractivity contribution in [3.8, 4) is 0 Å². The third-order valence-electron chi connectivity index (χ3n) is 5.15. The van der Waals surface area contributed by atoms with Crippen LogP contribution in [0.5, 0.6) is 0 Å². The number of hydrogen-bond acceptors (Lipinski definition) is 7. The van der Waals surface area contributed by atoms with Gasteiger partial charge in [0.1, 0.15) is 21.3 Å². The molecule has 0 amide bonds. The molecule has 6 nitrogen and oxygen atoms in total. The number of benzene rings is 1. The first-order chi connectivity index (χ1) is 13.6. The molecular formula is C21H23N3O3S. The number of carbonyl (C=O) groups is 1. The molecule has 0 bridgehead atoms. The van der Waals surface area contributed by atoms with Crippen LogP contribution in [0, 0.1) is 19.8 Å². The van der Waals surface area contributed by atoms with Crippen molar-refractivity contribution in [3.63, 3.8) is 0 Å². The molecule has 1 saturated heterocycles. The van der Waals surface area contributed by atoms with Gasteiger partial charge < -0.3 is 14.8 Å². The van der Waals surface area contributed by atoms with Gasteiger partial charge in [0.15, 0.2) is 0 Å². The van der Waals surface area contributed by atoms with Crippen molar-refractivity contribution in [2.24, 2.45) is 5.92 Å². The zero-order valence-electron chi connectivity index (χ0n) is 16.2. The fraction of sp³-hybridized carbons (Fsp3) is 0.381. The molecule has 4 rings (SSSR count). The highest BCUT2D eigenvalue weighted by Gasteiger charge is 2.30. The predicted octanol–water partition coefficient (Wildman–Crippen LogP) is 4.28. The number of nitrogens with one attached hydrogen (secondary N) is 1. The van der Waals surface area contributed by atoms with Crippen LogP contribution in [0.4, 0.5) is 5.82 Å². The van der Waals surface area contributed by atoms with Gasteiger partial charge in [0.25, 0.3) is 0 Å². The van der Waals surface area contributed by atoms with E-state index in [1.807, 2.05) is 32.0 Å². The summed E-state index contributed by atoms with van der Waals surface area (Å²) in [6, 6.07) is 10.3. The lowest BCUT2D eigenvalue weighted by atomic mass is 9.95. The Bertz CT molecular complexity index is 1000. The first-order valence-electron chi connectivity index (χ1n) is 9.35. The summed E-state index contributed by atoms with van der Waals surface area (Å²) in [6.45, 7) is 5.28. The second-order valence-electron chi connectivity index (χ2n) is 6.98. The molecule has 1 fully saturated rings. The smallest absolute Gasteiger partial charge is 0.348 e. The fourth-order valence-corrected chi connectivity index (χ4v) is 4.89. The van der Waals surface area contributed by atoms with Gasteiger partial charge in [-0.1, -0.05) is 30.3 Å². The van der Waals surface area contributed by atoms with Crippen LogP contribution in [0.25, 0.3) is 10.2 Å². The van der Waals surface area contributed by atoms with Crippen LogP contribution in [0.1, 0.15) is 39.1 Å². The van der Waals surface area contributed by atoms with E-state index in [-0.39, 0.29) is 12.1 Å². The van der Waals surface area contributed by atoms with Crippen LogP contribution in [-0.2, 0) is 9.47 Å². The van der Waals surface area contributed by atoms with Crippen LogP contribution in [0.3, 0.4) is 0 Å². The minimum absolute atomic E-state index is 0.0846. The van der Waals surface area contributed by atoms with Crippen LogP contribution in [-0.4, -0.2) is 36.2 Å². The SMILES string of the molecule is COC(=O)c1sc2nc(C)nc(NCC3CCOC3c3ccccc3)c2c1C. The molecule has 146 valence electrons. The van der Waals surface area contributed by atoms with Gasteiger partial charge in [-0.3, -0.25) is 0 Å². The highest BCUT2D eigenvalue weighted by molar-refractivity contribution is 7.20. The summed E-state index contributed by atoms with van der Waals surface area (Å²) in [4.78, 5) is 22.6. The molecule has 28 heavy (non-hydrogen) atoms. The molecule has 1 N–H and O–H groups in total. The van der Waals surface area contributed by atoms with Crippen LogP contribution >= 0.6 is 11.3 Å². The molecule has 0 radical (unpaired) electrons. The van der Waals surface area contributed by atoms with Crippen molar-refractivity contribution in [1.82, 2.24) is 9.97 Å². The number of rotatable bonds is 5. The van der Waals surface area contributed by atoms with Crippen LogP contribution in [0.2, 0.25) is 0 Å². The van der Waals surface area contributed by atoms with Crippen molar-refractivity contribution in [2.45, 2.75) is 26.4 Å². The van der Waals surface area contributed by atoms with E-state index in [0.717, 1.165) is 41.2 Å². The fourth-order valence-electron chi connectivity index (χ4n) is 3.74. The quantitative estimate of drug-likeness (QED) is 0.648. The molecule has 0 aliphatic carbocycles. The van der Waals surface area contributed by atoms with Crippen LogP contribution in [0.15, 0.2) is 30.3 Å². The normalized spacial score (nSPS) is 19.1. The summed E-state index contributed by atoms with van der Waals surface area (Å²) in [5, 5.41) is 4.40. The summed E-state index contributed by atoms with van der Waals surface area (Å²) in [6.07, 6.45) is 1.08. The Balaban J connectivity index is 1.61. The van der Waals surface area contributed by atoms with E-state index in [9.17, 15) is 4.79 Å². The standard InChI is InChI=1S/C21H23N3O3S/c1-12-16-19(23-13(2)24-20(16)28-18(12)21(25)26-3)22-11-15-9-10-27-17(15)14-7-5-4-6-8-14/h4-8,15,17H,9-11H2,1-3H3,(H,22,23,24). The van der Waals surface area contributed by atoms with E-state index in [1.54, 1.807) is 0 Å². The largest absolute Gasteiger partial charge is 0.465 e. The minimum Gasteiger partial charge on any atom is -0.465 e. The third kappa shape index (κ3) is 3.47. The van der Waals surface area contributed by atoms with Crippen molar-refractivity contribution in [1.29, 1.82) is 0 Å². The molecular weight excluding hydrogens is 374 g/mol. The van der Waals surface area contributed by atoms with E-state index in [0.29, 0.717) is 16.6 Å². The van der Waals surface area contributed by atoms with Gasteiger partial charge in [0.05, 0.1) is 18.6 Å². The number of nitrogens with zero attached hydrogens (tertiary/aromatic N) is 2. The predicted molar refractivity (Wildman–Crippen MR) is 110 cm³/mol. The maximum absolute atomic E-state index is 12.1. The molecule has 3 heterocycles. The van der Waals surface area contributed by atoms with Crippen molar-refractivity contribution in [2.75, 3.05) is 25.6 Å². The van der Waals surface area contributed by atoms with Crippen molar-refractivity contribution >= 4 is 33.3 Å². The zero-order chi connectivity index (χ0) is 19.7. The average Bonchev–Trinajstić information content (AvgIpc) is 3.30. The minimum atomic E-state index is -0.336. The first-order valence-corrected chi connectivity index (χ1v) is 10.2. The number of ether oxygens (including phenoxy) is 2. The number of hydrogen-bond donors (Lipinski definition) is 1. The molecule has 1 aromatic carbocycles. The molecule has 3 aromatic rings. The zero-order valence-corrected chi connectivity index (χ0v) is 17.0. The third-order valence-corrected chi connectivity index (χ3v) is 6.31. The maximum atomic E-state index is 12.1. The summed E-state index contributed by atoms with van der Waals surface area (Å²) in [5.41, 5.74) is 2.06. The average molecular weight is 398 g/mol. The van der Waals surface area contributed by atoms with Crippen molar-refractivity contribution in [3.05, 3.63) is 52.2 Å². The maximum Gasteiger partial charge on any atom is 0.348 e. The van der Waals surface area contributed by atoms with Gasteiger partial charge in [0, 0.05) is 19.1 Å². The Labute approximate surface area is 167 Å². The molecule has 2 aromatic heterocycles. The van der Waals surface area contributed by atoms with Gasteiger partial charge in [-0.05, 0) is 31.4 Å². The number of aromatic nitrogens is 2. The Morgan fingerprint density at radius 3 is 2.82 bits per heavy atom. The molecule has 0 spiro atoms. The topological polar surface area (TPSA) is 73.3 Å². The van der Waals surface area contributed by atoms with Gasteiger partial charge in [-0.25, -0.2) is 14.8 Å². The van der Waals surface area contributed by atoms with Gasteiger partial charge in [-0.15, -0.1) is 11.3 Å². The molecule has 1 aliphatic rings. The first kappa shape index (κ1) is 18.8. The molecule has 2 atom stereocenters. The Morgan fingerprint density at radius 2 is 2.07 bits per heavy atom. The Morgan fingerprint density at radius 1 is 1.29 bits per heavy atom. The summed E-state index contributed by atoms with van der Waals surface area (Å²) in [7, 11) is 1.39. The Hall–Kier alpha value is -2.51. The number of thiophene rings is 1. The number of carbonyl (C=O) groups excluding carboxylic acids is 1. The number of anilines is 1. The second kappa shape index (κ2) is 7.85. The lowest BCUT2D eigenvalue weighted by Crippen LogP contribution is -2.19. The van der Waals surface area contributed by atoms with Gasteiger partial charge >= 0.3 is 5.97 Å². The van der Waals surface area contributed by atoms with E-state index >= 15 is 0 Å².